The highest BCUT2D eigenvalue weighted by Crippen LogP contribution is 2.21. The van der Waals surface area contributed by atoms with Gasteiger partial charge in [0.2, 0.25) is 11.8 Å². The average molecular weight is 378 g/mol. The van der Waals surface area contributed by atoms with E-state index in [4.69, 9.17) is 11.6 Å². The number of nitrogens with one attached hydrogen (secondary N) is 1. The molecule has 2 heterocycles. The van der Waals surface area contributed by atoms with E-state index in [2.05, 4.69) is 10.2 Å². The van der Waals surface area contributed by atoms with E-state index in [1.807, 2.05) is 29.2 Å². The van der Waals surface area contributed by atoms with Gasteiger partial charge < -0.3 is 10.2 Å². The number of likely N-dealkylation sites (tertiary alicyclic amines) is 2. The summed E-state index contributed by atoms with van der Waals surface area (Å²) in [6.45, 7) is 4.56. The van der Waals surface area contributed by atoms with E-state index >= 15 is 0 Å². The lowest BCUT2D eigenvalue weighted by molar-refractivity contribution is -0.136. The van der Waals surface area contributed by atoms with Gasteiger partial charge in [-0.15, -0.1) is 0 Å². The van der Waals surface area contributed by atoms with Gasteiger partial charge in [-0.25, -0.2) is 0 Å². The fourth-order valence-corrected chi connectivity index (χ4v) is 3.92. The number of benzene rings is 1. The van der Waals surface area contributed by atoms with Crippen LogP contribution in [0, 0.1) is 5.92 Å². The van der Waals surface area contributed by atoms with Gasteiger partial charge in [0.15, 0.2) is 0 Å². The molecule has 0 unspecified atom stereocenters. The van der Waals surface area contributed by atoms with Crippen molar-refractivity contribution in [2.45, 2.75) is 32.1 Å². The molecule has 1 aromatic rings. The lowest BCUT2D eigenvalue weighted by Crippen LogP contribution is -2.45. The van der Waals surface area contributed by atoms with Gasteiger partial charge in [-0.3, -0.25) is 14.5 Å². The highest BCUT2D eigenvalue weighted by Gasteiger charge is 2.30. The molecule has 2 amide bonds. The molecule has 26 heavy (non-hydrogen) atoms. The Labute approximate surface area is 160 Å². The molecule has 0 bridgehead atoms. The normalized spacial score (nSPS) is 18.9. The van der Waals surface area contributed by atoms with E-state index in [-0.39, 0.29) is 11.8 Å². The van der Waals surface area contributed by atoms with Crippen molar-refractivity contribution < 1.29 is 9.59 Å². The van der Waals surface area contributed by atoms with E-state index < -0.39 is 0 Å². The molecule has 0 spiro atoms. The highest BCUT2D eigenvalue weighted by atomic mass is 35.5. The van der Waals surface area contributed by atoms with Gasteiger partial charge in [-0.05, 0) is 62.9 Å². The zero-order valence-electron chi connectivity index (χ0n) is 15.3. The Balaban J connectivity index is 1.32. The quantitative estimate of drug-likeness (QED) is 0.827. The van der Waals surface area contributed by atoms with Gasteiger partial charge in [0, 0.05) is 30.6 Å². The summed E-state index contributed by atoms with van der Waals surface area (Å²) in [6.07, 6.45) is 4.82. The number of nitrogens with zero attached hydrogens (tertiary/aromatic N) is 2. The fourth-order valence-electron chi connectivity index (χ4n) is 3.79. The number of rotatable bonds is 6. The topological polar surface area (TPSA) is 52.7 Å². The van der Waals surface area contributed by atoms with Gasteiger partial charge >= 0.3 is 0 Å². The molecular formula is C20H28ClN3O2. The number of carbonyl (C=O) groups excluding carboxylic acids is 2. The monoisotopic (exact) mass is 377 g/mol. The fraction of sp³-hybridized carbons (Fsp3) is 0.600. The standard InChI is InChI=1S/C20H28ClN3O2/c21-18-5-3-16(4-6-18)7-10-22-19(25)15-23-13-8-17(9-14-23)20(26)24-11-1-2-12-24/h3-6,17H,1-2,7-15H2,(H,22,25). The van der Waals surface area contributed by atoms with Crippen LogP contribution in [-0.4, -0.2) is 60.9 Å². The smallest absolute Gasteiger partial charge is 0.234 e. The molecule has 3 rings (SSSR count). The number of carbonyl (C=O) groups is 2. The van der Waals surface area contributed by atoms with Crippen molar-refractivity contribution in [1.29, 1.82) is 0 Å². The van der Waals surface area contributed by atoms with Gasteiger partial charge in [0.05, 0.1) is 6.54 Å². The van der Waals surface area contributed by atoms with Crippen molar-refractivity contribution in [3.63, 3.8) is 0 Å². The van der Waals surface area contributed by atoms with E-state index in [0.29, 0.717) is 19.0 Å². The zero-order chi connectivity index (χ0) is 18.4. The molecule has 0 saturated carbocycles. The number of hydrogen-bond acceptors (Lipinski definition) is 3. The molecule has 0 aromatic heterocycles. The first-order chi connectivity index (χ1) is 12.6. The Bertz CT molecular complexity index is 606. The van der Waals surface area contributed by atoms with Crippen molar-refractivity contribution in [3.05, 3.63) is 34.9 Å². The van der Waals surface area contributed by atoms with Crippen LogP contribution in [0.2, 0.25) is 5.02 Å². The summed E-state index contributed by atoms with van der Waals surface area (Å²) in [7, 11) is 0. The van der Waals surface area contributed by atoms with Crippen LogP contribution in [0.25, 0.3) is 0 Å². The predicted molar refractivity (Wildman–Crippen MR) is 103 cm³/mol. The lowest BCUT2D eigenvalue weighted by Gasteiger charge is -2.32. The Hall–Kier alpha value is -1.59. The van der Waals surface area contributed by atoms with Crippen molar-refractivity contribution in [3.8, 4) is 0 Å². The molecule has 1 N–H and O–H groups in total. The minimum Gasteiger partial charge on any atom is -0.355 e. The number of amides is 2. The Morgan fingerprint density at radius 3 is 2.35 bits per heavy atom. The second kappa shape index (κ2) is 9.38. The summed E-state index contributed by atoms with van der Waals surface area (Å²) in [5.74, 6) is 0.537. The second-order valence-electron chi connectivity index (χ2n) is 7.31. The minimum absolute atomic E-state index is 0.0586. The largest absolute Gasteiger partial charge is 0.355 e. The summed E-state index contributed by atoms with van der Waals surface area (Å²) in [6, 6.07) is 7.70. The van der Waals surface area contributed by atoms with Gasteiger partial charge in [-0.1, -0.05) is 23.7 Å². The van der Waals surface area contributed by atoms with E-state index in [1.165, 1.54) is 0 Å². The number of hydrogen-bond donors (Lipinski definition) is 1. The van der Waals surface area contributed by atoms with Crippen LogP contribution in [0.5, 0.6) is 0 Å². The molecule has 0 aliphatic carbocycles. The lowest BCUT2D eigenvalue weighted by atomic mass is 9.95. The third-order valence-corrected chi connectivity index (χ3v) is 5.62. The molecule has 2 fully saturated rings. The maximum absolute atomic E-state index is 12.4. The van der Waals surface area contributed by atoms with Crippen LogP contribution in [0.3, 0.4) is 0 Å². The minimum atomic E-state index is 0.0586. The maximum Gasteiger partial charge on any atom is 0.234 e. The van der Waals surface area contributed by atoms with Crippen LogP contribution in [0.4, 0.5) is 0 Å². The van der Waals surface area contributed by atoms with Crippen LogP contribution < -0.4 is 5.32 Å². The maximum atomic E-state index is 12.4. The zero-order valence-corrected chi connectivity index (χ0v) is 16.0. The van der Waals surface area contributed by atoms with Crippen LogP contribution in [0.15, 0.2) is 24.3 Å². The van der Waals surface area contributed by atoms with E-state index in [1.54, 1.807) is 0 Å². The molecule has 5 nitrogen and oxygen atoms in total. The second-order valence-corrected chi connectivity index (χ2v) is 7.75. The molecular weight excluding hydrogens is 350 g/mol. The first-order valence-electron chi connectivity index (χ1n) is 9.64. The molecule has 6 heteroatoms. The SMILES string of the molecule is O=C(CN1CCC(C(=O)N2CCCC2)CC1)NCCc1ccc(Cl)cc1. The van der Waals surface area contributed by atoms with Crippen molar-refractivity contribution in [1.82, 2.24) is 15.1 Å². The predicted octanol–water partition coefficient (Wildman–Crippen LogP) is 2.33. The van der Waals surface area contributed by atoms with Crippen molar-refractivity contribution >= 4 is 23.4 Å². The molecule has 142 valence electrons. The summed E-state index contributed by atoms with van der Waals surface area (Å²) < 4.78 is 0. The van der Waals surface area contributed by atoms with E-state index in [0.717, 1.165) is 68.9 Å². The summed E-state index contributed by atoms with van der Waals surface area (Å²) in [5, 5.41) is 3.71. The average Bonchev–Trinajstić information content (AvgIpc) is 3.18. The van der Waals surface area contributed by atoms with Gasteiger partial charge in [0.1, 0.15) is 0 Å². The Kier molecular flexibility index (Phi) is 6.92. The van der Waals surface area contributed by atoms with E-state index in [9.17, 15) is 9.59 Å². The van der Waals surface area contributed by atoms with Crippen LogP contribution in [0.1, 0.15) is 31.2 Å². The molecule has 0 atom stereocenters. The Morgan fingerprint density at radius 2 is 1.69 bits per heavy atom. The third-order valence-electron chi connectivity index (χ3n) is 5.37. The Morgan fingerprint density at radius 1 is 1.04 bits per heavy atom. The summed E-state index contributed by atoms with van der Waals surface area (Å²) >= 11 is 5.87. The molecule has 2 saturated heterocycles. The van der Waals surface area contributed by atoms with Gasteiger partial charge in [0.25, 0.3) is 0 Å². The first-order valence-corrected chi connectivity index (χ1v) is 10.0. The molecule has 0 radical (unpaired) electrons. The highest BCUT2D eigenvalue weighted by molar-refractivity contribution is 6.30. The molecule has 2 aliphatic heterocycles. The van der Waals surface area contributed by atoms with Gasteiger partial charge in [-0.2, -0.15) is 0 Å². The van der Waals surface area contributed by atoms with Crippen LogP contribution in [-0.2, 0) is 16.0 Å². The number of piperidine rings is 1. The number of halogens is 1. The summed E-state index contributed by atoms with van der Waals surface area (Å²) in [5.41, 5.74) is 1.16. The first kappa shape index (κ1) is 19.2. The molecule has 2 aliphatic rings. The molecule has 1 aromatic carbocycles. The van der Waals surface area contributed by atoms with Crippen molar-refractivity contribution in [2.24, 2.45) is 5.92 Å². The summed E-state index contributed by atoms with van der Waals surface area (Å²) in [4.78, 5) is 28.8. The van der Waals surface area contributed by atoms with Crippen LogP contribution >= 0.6 is 11.6 Å². The third kappa shape index (κ3) is 5.45. The van der Waals surface area contributed by atoms with Crippen molar-refractivity contribution in [2.75, 3.05) is 39.3 Å².